The van der Waals surface area contributed by atoms with Gasteiger partial charge in [-0.05, 0) is 43.5 Å². The maximum Gasteiger partial charge on any atom is 0.220 e. The molecule has 0 radical (unpaired) electrons. The molecular formula is C19H22N4O. The molecule has 0 spiro atoms. The molecule has 5 heteroatoms. The zero-order valence-electron chi connectivity index (χ0n) is 14.3. The van der Waals surface area contributed by atoms with Crippen LogP contribution in [0.5, 0.6) is 0 Å². The number of amides is 1. The number of carbonyl (C=O) groups excluding carboxylic acids is 1. The van der Waals surface area contributed by atoms with Crippen LogP contribution in [-0.2, 0) is 17.8 Å². The number of aromatic amines is 1. The molecule has 3 aromatic rings. The Labute approximate surface area is 141 Å². The van der Waals surface area contributed by atoms with Gasteiger partial charge in [0.25, 0.3) is 0 Å². The van der Waals surface area contributed by atoms with Crippen molar-refractivity contribution in [1.82, 2.24) is 20.5 Å². The average molecular weight is 322 g/mol. The van der Waals surface area contributed by atoms with E-state index in [9.17, 15) is 4.79 Å². The van der Waals surface area contributed by atoms with Gasteiger partial charge >= 0.3 is 0 Å². The van der Waals surface area contributed by atoms with Crippen LogP contribution in [0.3, 0.4) is 0 Å². The average Bonchev–Trinajstić information content (AvgIpc) is 2.91. The van der Waals surface area contributed by atoms with Crippen LogP contribution >= 0.6 is 0 Å². The quantitative estimate of drug-likeness (QED) is 0.758. The number of carbonyl (C=O) groups is 1. The summed E-state index contributed by atoms with van der Waals surface area (Å²) in [4.78, 5) is 16.6. The Kier molecular flexibility index (Phi) is 4.60. The number of rotatable bonds is 5. The topological polar surface area (TPSA) is 70.7 Å². The van der Waals surface area contributed by atoms with Gasteiger partial charge in [-0.1, -0.05) is 18.2 Å². The summed E-state index contributed by atoms with van der Waals surface area (Å²) >= 11 is 0. The van der Waals surface area contributed by atoms with E-state index in [4.69, 9.17) is 0 Å². The summed E-state index contributed by atoms with van der Waals surface area (Å²) < 4.78 is 0. The number of hydrogen-bond acceptors (Lipinski definition) is 3. The van der Waals surface area contributed by atoms with E-state index in [0.717, 1.165) is 39.0 Å². The highest BCUT2D eigenvalue weighted by Crippen LogP contribution is 2.20. The van der Waals surface area contributed by atoms with Crippen molar-refractivity contribution in [2.24, 2.45) is 0 Å². The molecule has 2 aromatic heterocycles. The highest BCUT2D eigenvalue weighted by atomic mass is 16.1. The summed E-state index contributed by atoms with van der Waals surface area (Å²) in [5.41, 5.74) is 6.39. The van der Waals surface area contributed by atoms with Gasteiger partial charge in [-0.3, -0.25) is 14.9 Å². The number of nitrogens with one attached hydrogen (secondary N) is 2. The summed E-state index contributed by atoms with van der Waals surface area (Å²) in [6, 6.07) is 8.08. The van der Waals surface area contributed by atoms with Gasteiger partial charge in [0.05, 0.1) is 11.2 Å². The van der Waals surface area contributed by atoms with Crippen LogP contribution in [0.15, 0.2) is 30.5 Å². The predicted octanol–water partition coefficient (Wildman–Crippen LogP) is 3.13. The first kappa shape index (κ1) is 16.2. The number of pyridine rings is 1. The molecule has 1 aromatic carbocycles. The molecule has 0 fully saturated rings. The van der Waals surface area contributed by atoms with Crippen molar-refractivity contribution in [3.63, 3.8) is 0 Å². The van der Waals surface area contributed by atoms with Crippen LogP contribution in [0.2, 0.25) is 0 Å². The van der Waals surface area contributed by atoms with Crippen molar-refractivity contribution in [2.45, 2.75) is 40.2 Å². The zero-order chi connectivity index (χ0) is 17.1. The Hall–Kier alpha value is -2.69. The third-order valence-corrected chi connectivity index (χ3v) is 4.48. The molecule has 0 aliphatic carbocycles. The normalized spacial score (nSPS) is 11.0. The molecule has 0 saturated heterocycles. The van der Waals surface area contributed by atoms with Crippen LogP contribution in [0, 0.1) is 20.8 Å². The fraction of sp³-hybridized carbons (Fsp3) is 0.316. The van der Waals surface area contributed by atoms with E-state index >= 15 is 0 Å². The molecule has 0 saturated carbocycles. The van der Waals surface area contributed by atoms with Gasteiger partial charge in [-0.25, -0.2) is 0 Å². The largest absolute Gasteiger partial charge is 0.352 e. The van der Waals surface area contributed by atoms with Gasteiger partial charge < -0.3 is 5.32 Å². The Balaban J connectivity index is 1.63. The number of nitrogens with zero attached hydrogens (tertiary/aromatic N) is 2. The molecule has 0 unspecified atom stereocenters. The standard InChI is InChI=1S/C19H22N4O/c1-12-6-7-15(16-5-4-10-20-19(12)16)11-21-18(24)9-8-17-13(2)14(3)22-23-17/h4-7,10H,8-9,11H2,1-3H3,(H,21,24)(H,22,23). The predicted molar refractivity (Wildman–Crippen MR) is 94.7 cm³/mol. The first-order valence-electron chi connectivity index (χ1n) is 8.16. The van der Waals surface area contributed by atoms with Crippen molar-refractivity contribution in [3.8, 4) is 0 Å². The summed E-state index contributed by atoms with van der Waals surface area (Å²) in [6.07, 6.45) is 2.89. The van der Waals surface area contributed by atoms with E-state index in [1.165, 1.54) is 0 Å². The first-order valence-corrected chi connectivity index (χ1v) is 8.16. The third-order valence-electron chi connectivity index (χ3n) is 4.48. The third kappa shape index (κ3) is 3.30. The van der Waals surface area contributed by atoms with Crippen molar-refractivity contribution < 1.29 is 4.79 Å². The number of fused-ring (bicyclic) bond motifs is 1. The van der Waals surface area contributed by atoms with E-state index in [1.807, 2.05) is 39.0 Å². The minimum absolute atomic E-state index is 0.0349. The maximum atomic E-state index is 12.1. The molecule has 0 bridgehead atoms. The molecule has 1 amide bonds. The van der Waals surface area contributed by atoms with Crippen molar-refractivity contribution >= 4 is 16.8 Å². The van der Waals surface area contributed by atoms with Crippen molar-refractivity contribution in [1.29, 1.82) is 0 Å². The van der Waals surface area contributed by atoms with Crippen LogP contribution in [0.4, 0.5) is 0 Å². The number of aryl methyl sites for hydroxylation is 3. The van der Waals surface area contributed by atoms with Crippen LogP contribution in [-0.4, -0.2) is 21.1 Å². The molecule has 2 N–H and O–H groups in total. The number of hydrogen-bond donors (Lipinski definition) is 2. The summed E-state index contributed by atoms with van der Waals surface area (Å²) in [6.45, 7) is 6.58. The molecule has 0 atom stereocenters. The number of aromatic nitrogens is 3. The molecule has 124 valence electrons. The lowest BCUT2D eigenvalue weighted by molar-refractivity contribution is -0.121. The molecular weight excluding hydrogens is 300 g/mol. The Morgan fingerprint density at radius 3 is 2.79 bits per heavy atom. The Morgan fingerprint density at radius 2 is 2.04 bits per heavy atom. The van der Waals surface area contributed by atoms with E-state index in [0.29, 0.717) is 19.4 Å². The van der Waals surface area contributed by atoms with Crippen LogP contribution < -0.4 is 5.32 Å². The molecule has 24 heavy (non-hydrogen) atoms. The highest BCUT2D eigenvalue weighted by Gasteiger charge is 2.10. The Morgan fingerprint density at radius 1 is 1.21 bits per heavy atom. The summed E-state index contributed by atoms with van der Waals surface area (Å²) in [7, 11) is 0. The second-order valence-corrected chi connectivity index (χ2v) is 6.14. The van der Waals surface area contributed by atoms with Gasteiger partial charge in [-0.15, -0.1) is 0 Å². The summed E-state index contributed by atoms with van der Waals surface area (Å²) in [5.74, 6) is 0.0349. The van der Waals surface area contributed by atoms with Gasteiger partial charge in [0.15, 0.2) is 0 Å². The summed E-state index contributed by atoms with van der Waals surface area (Å²) in [5, 5.41) is 11.3. The minimum Gasteiger partial charge on any atom is -0.352 e. The van der Waals surface area contributed by atoms with Gasteiger partial charge in [0.2, 0.25) is 5.91 Å². The van der Waals surface area contributed by atoms with E-state index in [1.54, 1.807) is 6.20 Å². The fourth-order valence-electron chi connectivity index (χ4n) is 2.82. The van der Waals surface area contributed by atoms with E-state index < -0.39 is 0 Å². The molecule has 3 rings (SSSR count). The van der Waals surface area contributed by atoms with Crippen molar-refractivity contribution in [3.05, 3.63) is 58.5 Å². The van der Waals surface area contributed by atoms with Gasteiger partial charge in [-0.2, -0.15) is 5.10 Å². The molecule has 0 aliphatic rings. The SMILES string of the molecule is Cc1[nH]nc(CCC(=O)NCc2ccc(C)c3ncccc23)c1C. The van der Waals surface area contributed by atoms with E-state index in [-0.39, 0.29) is 5.91 Å². The number of H-pyrrole nitrogens is 1. The fourth-order valence-corrected chi connectivity index (χ4v) is 2.82. The van der Waals surface area contributed by atoms with Crippen LogP contribution in [0.1, 0.15) is 34.5 Å². The second-order valence-electron chi connectivity index (χ2n) is 6.14. The first-order chi connectivity index (χ1) is 11.6. The monoisotopic (exact) mass is 322 g/mol. The zero-order valence-corrected chi connectivity index (χ0v) is 14.3. The van der Waals surface area contributed by atoms with Gasteiger partial charge in [0, 0.05) is 36.7 Å². The van der Waals surface area contributed by atoms with Crippen LogP contribution in [0.25, 0.3) is 10.9 Å². The number of benzene rings is 1. The lowest BCUT2D eigenvalue weighted by atomic mass is 10.0. The Bertz CT molecular complexity index is 882. The molecule has 2 heterocycles. The van der Waals surface area contributed by atoms with E-state index in [2.05, 4.69) is 26.6 Å². The van der Waals surface area contributed by atoms with Gasteiger partial charge in [0.1, 0.15) is 0 Å². The smallest absolute Gasteiger partial charge is 0.220 e. The lowest BCUT2D eigenvalue weighted by Gasteiger charge is -2.09. The highest BCUT2D eigenvalue weighted by molar-refractivity contribution is 5.85. The second kappa shape index (κ2) is 6.83. The maximum absolute atomic E-state index is 12.1. The minimum atomic E-state index is 0.0349. The molecule has 5 nitrogen and oxygen atoms in total. The lowest BCUT2D eigenvalue weighted by Crippen LogP contribution is -2.23. The van der Waals surface area contributed by atoms with Crippen molar-refractivity contribution in [2.75, 3.05) is 0 Å². The molecule has 0 aliphatic heterocycles.